The summed E-state index contributed by atoms with van der Waals surface area (Å²) in [6.07, 6.45) is 0. The second-order valence-corrected chi connectivity index (χ2v) is 6.12. The quantitative estimate of drug-likeness (QED) is 0.670. The highest BCUT2D eigenvalue weighted by Gasteiger charge is 2.15. The molecule has 1 heterocycles. The van der Waals surface area contributed by atoms with Crippen LogP contribution in [0.4, 0.5) is 5.82 Å². The molecule has 0 spiro atoms. The summed E-state index contributed by atoms with van der Waals surface area (Å²) in [4.78, 5) is 0. The summed E-state index contributed by atoms with van der Waals surface area (Å²) in [5, 5.41) is 7.83. The van der Waals surface area contributed by atoms with Crippen LogP contribution < -0.4 is 5.73 Å². The van der Waals surface area contributed by atoms with Crippen LogP contribution in [-0.2, 0) is 0 Å². The van der Waals surface area contributed by atoms with E-state index in [0.29, 0.717) is 10.8 Å². The van der Waals surface area contributed by atoms with Gasteiger partial charge in [0.15, 0.2) is 5.82 Å². The third-order valence-corrected chi connectivity index (χ3v) is 4.56. The first-order chi connectivity index (χ1) is 10.1. The molecule has 0 saturated carbocycles. The van der Waals surface area contributed by atoms with Gasteiger partial charge in [-0.25, -0.2) is 0 Å². The fraction of sp³-hybridized carbons (Fsp3) is 0.0625. The Hall–Kier alpha value is -1.78. The summed E-state index contributed by atoms with van der Waals surface area (Å²) in [5.74, 6) is 0.486. The van der Waals surface area contributed by atoms with Crippen molar-refractivity contribution in [2.75, 3.05) is 5.73 Å². The Labute approximate surface area is 136 Å². The van der Waals surface area contributed by atoms with Gasteiger partial charge in [0.25, 0.3) is 0 Å². The molecule has 106 valence electrons. The monoisotopic (exact) mass is 361 g/mol. The summed E-state index contributed by atoms with van der Waals surface area (Å²) in [7, 11) is 0. The zero-order chi connectivity index (χ0) is 15.0. The van der Waals surface area contributed by atoms with E-state index < -0.39 is 0 Å². The molecular weight excluding hydrogens is 350 g/mol. The Morgan fingerprint density at radius 1 is 1.10 bits per heavy atom. The molecule has 3 aromatic rings. The summed E-state index contributed by atoms with van der Waals surface area (Å²) in [5.41, 5.74) is 11.0. The Morgan fingerprint density at radius 3 is 2.43 bits per heavy atom. The van der Waals surface area contributed by atoms with E-state index in [0.717, 1.165) is 26.9 Å². The van der Waals surface area contributed by atoms with E-state index in [2.05, 4.69) is 45.2 Å². The molecule has 0 aliphatic heterocycles. The molecule has 0 aliphatic carbocycles. The highest BCUT2D eigenvalue weighted by molar-refractivity contribution is 9.10. The van der Waals surface area contributed by atoms with Gasteiger partial charge in [-0.15, -0.1) is 0 Å². The number of nitrogens with one attached hydrogen (secondary N) is 1. The predicted octanol–water partition coefficient (Wildman–Crippen LogP) is 5.05. The van der Waals surface area contributed by atoms with Crippen molar-refractivity contribution < 1.29 is 0 Å². The van der Waals surface area contributed by atoms with E-state index in [9.17, 15) is 0 Å². The van der Waals surface area contributed by atoms with Crippen LogP contribution in [0.25, 0.3) is 22.4 Å². The second-order valence-electron chi connectivity index (χ2n) is 4.85. The van der Waals surface area contributed by atoms with Gasteiger partial charge >= 0.3 is 0 Å². The van der Waals surface area contributed by atoms with E-state index in [4.69, 9.17) is 17.3 Å². The maximum atomic E-state index is 6.05. The number of H-pyrrole nitrogens is 1. The summed E-state index contributed by atoms with van der Waals surface area (Å²) in [6.45, 7) is 2.06. The zero-order valence-corrected chi connectivity index (χ0v) is 13.7. The van der Waals surface area contributed by atoms with Crippen LogP contribution in [0.5, 0.6) is 0 Å². The average Bonchev–Trinajstić information content (AvgIpc) is 2.85. The van der Waals surface area contributed by atoms with Gasteiger partial charge in [0.05, 0.1) is 16.3 Å². The molecule has 0 saturated heterocycles. The highest BCUT2D eigenvalue weighted by atomic mass is 79.9. The van der Waals surface area contributed by atoms with Crippen LogP contribution in [0, 0.1) is 6.92 Å². The Balaban J connectivity index is 2.16. The van der Waals surface area contributed by atoms with Crippen LogP contribution in [0.2, 0.25) is 5.02 Å². The second kappa shape index (κ2) is 5.54. The van der Waals surface area contributed by atoms with Crippen LogP contribution in [0.3, 0.4) is 0 Å². The van der Waals surface area contributed by atoms with Crippen LogP contribution >= 0.6 is 27.5 Å². The molecule has 0 aliphatic rings. The molecule has 0 fully saturated rings. The standard InChI is InChI=1S/C16H13BrClN3/c1-9-2-4-10(5-3-9)14-15(20-21-16(14)19)11-6-7-13(18)12(17)8-11/h2-8H,1H3,(H3,19,20,21). The van der Waals surface area contributed by atoms with Gasteiger partial charge in [0, 0.05) is 10.0 Å². The molecule has 0 atom stereocenters. The van der Waals surface area contributed by atoms with Crippen molar-refractivity contribution >= 4 is 33.3 Å². The van der Waals surface area contributed by atoms with Crippen molar-refractivity contribution in [3.8, 4) is 22.4 Å². The number of hydrogen-bond donors (Lipinski definition) is 2. The molecule has 5 heteroatoms. The normalized spacial score (nSPS) is 10.8. The minimum absolute atomic E-state index is 0.486. The smallest absolute Gasteiger partial charge is 0.153 e. The number of hydrogen-bond acceptors (Lipinski definition) is 2. The van der Waals surface area contributed by atoms with Gasteiger partial charge in [-0.2, -0.15) is 5.10 Å². The molecule has 3 N–H and O–H groups in total. The van der Waals surface area contributed by atoms with Gasteiger partial charge in [-0.1, -0.05) is 47.5 Å². The Kier molecular flexibility index (Phi) is 3.74. The molecule has 21 heavy (non-hydrogen) atoms. The molecular formula is C16H13BrClN3. The number of rotatable bonds is 2. The SMILES string of the molecule is Cc1ccc(-c2c(N)n[nH]c2-c2ccc(Cl)c(Br)c2)cc1. The molecule has 0 unspecified atom stereocenters. The number of aromatic nitrogens is 2. The molecule has 3 rings (SSSR count). The van der Waals surface area contributed by atoms with E-state index in [1.807, 2.05) is 30.3 Å². The lowest BCUT2D eigenvalue weighted by atomic mass is 10.00. The number of anilines is 1. The Bertz CT molecular complexity index is 794. The largest absolute Gasteiger partial charge is 0.382 e. The van der Waals surface area contributed by atoms with Crippen LogP contribution in [0.15, 0.2) is 46.9 Å². The number of aromatic amines is 1. The minimum atomic E-state index is 0.486. The topological polar surface area (TPSA) is 54.7 Å². The average molecular weight is 363 g/mol. The van der Waals surface area contributed by atoms with Gasteiger partial charge in [0.2, 0.25) is 0 Å². The maximum absolute atomic E-state index is 6.05. The number of nitrogens with two attached hydrogens (primary N) is 1. The molecule has 0 radical (unpaired) electrons. The lowest BCUT2D eigenvalue weighted by Gasteiger charge is -2.06. The lowest BCUT2D eigenvalue weighted by Crippen LogP contribution is -1.89. The lowest BCUT2D eigenvalue weighted by molar-refractivity contribution is 1.10. The predicted molar refractivity (Wildman–Crippen MR) is 91.3 cm³/mol. The Morgan fingerprint density at radius 2 is 1.76 bits per heavy atom. The van der Waals surface area contributed by atoms with E-state index >= 15 is 0 Å². The van der Waals surface area contributed by atoms with Crippen molar-refractivity contribution in [2.45, 2.75) is 6.92 Å². The van der Waals surface area contributed by atoms with E-state index in [1.165, 1.54) is 5.56 Å². The number of nitrogen functional groups attached to an aromatic ring is 1. The van der Waals surface area contributed by atoms with Crippen molar-refractivity contribution in [3.63, 3.8) is 0 Å². The third-order valence-electron chi connectivity index (χ3n) is 3.34. The van der Waals surface area contributed by atoms with E-state index in [1.54, 1.807) is 0 Å². The first-order valence-corrected chi connectivity index (χ1v) is 7.59. The van der Waals surface area contributed by atoms with Gasteiger partial charge in [-0.05, 0) is 40.5 Å². The summed E-state index contributed by atoms with van der Waals surface area (Å²) >= 11 is 9.49. The maximum Gasteiger partial charge on any atom is 0.153 e. The highest BCUT2D eigenvalue weighted by Crippen LogP contribution is 2.36. The van der Waals surface area contributed by atoms with Crippen LogP contribution in [0.1, 0.15) is 5.56 Å². The van der Waals surface area contributed by atoms with E-state index in [-0.39, 0.29) is 0 Å². The van der Waals surface area contributed by atoms with Crippen molar-refractivity contribution in [3.05, 3.63) is 57.5 Å². The molecule has 3 nitrogen and oxygen atoms in total. The molecule has 1 aromatic heterocycles. The van der Waals surface area contributed by atoms with Gasteiger partial charge in [0.1, 0.15) is 0 Å². The molecule has 0 amide bonds. The zero-order valence-electron chi connectivity index (χ0n) is 11.3. The first-order valence-electron chi connectivity index (χ1n) is 6.42. The number of benzene rings is 2. The fourth-order valence-electron chi connectivity index (χ4n) is 2.23. The molecule has 2 aromatic carbocycles. The number of nitrogens with zero attached hydrogens (tertiary/aromatic N) is 1. The van der Waals surface area contributed by atoms with Crippen molar-refractivity contribution in [1.29, 1.82) is 0 Å². The molecule has 0 bridgehead atoms. The summed E-state index contributed by atoms with van der Waals surface area (Å²) < 4.78 is 0.838. The summed E-state index contributed by atoms with van der Waals surface area (Å²) in [6, 6.07) is 13.9. The number of halogens is 2. The third kappa shape index (κ3) is 2.69. The van der Waals surface area contributed by atoms with Gasteiger partial charge in [-0.3, -0.25) is 5.10 Å². The number of aryl methyl sites for hydroxylation is 1. The van der Waals surface area contributed by atoms with Crippen molar-refractivity contribution in [2.24, 2.45) is 0 Å². The fourth-order valence-corrected chi connectivity index (χ4v) is 2.73. The minimum Gasteiger partial charge on any atom is -0.382 e. The van der Waals surface area contributed by atoms with Crippen molar-refractivity contribution in [1.82, 2.24) is 10.2 Å². The van der Waals surface area contributed by atoms with Crippen LogP contribution in [-0.4, -0.2) is 10.2 Å². The van der Waals surface area contributed by atoms with Gasteiger partial charge < -0.3 is 5.73 Å². The first kappa shape index (κ1) is 14.2.